The standard InChI is InChI=1S/C17H27N3O3/c1-12(2)23-16-14(5-4-6-15(16)22-3)11-20-9-7-13(8-10-20)17(21)19-18/h4-6,12-13H,7-11,18H2,1-3H3,(H,19,21). The predicted octanol–water partition coefficient (Wildman–Crippen LogP) is 1.68. The molecular formula is C17H27N3O3. The molecule has 0 bridgehead atoms. The number of carbonyl (C=O) groups excluding carboxylic acids is 1. The second kappa shape index (κ2) is 8.17. The molecule has 0 aliphatic carbocycles. The van der Waals surface area contributed by atoms with E-state index in [-0.39, 0.29) is 17.9 Å². The van der Waals surface area contributed by atoms with Gasteiger partial charge in [0.05, 0.1) is 13.2 Å². The van der Waals surface area contributed by atoms with Crippen molar-refractivity contribution < 1.29 is 14.3 Å². The van der Waals surface area contributed by atoms with Crippen LogP contribution in [0.1, 0.15) is 32.3 Å². The van der Waals surface area contributed by atoms with E-state index in [9.17, 15) is 4.79 Å². The lowest BCUT2D eigenvalue weighted by Gasteiger charge is -2.31. The number of hydrogen-bond donors (Lipinski definition) is 2. The molecule has 0 aromatic heterocycles. The second-order valence-corrected chi connectivity index (χ2v) is 6.17. The van der Waals surface area contributed by atoms with Gasteiger partial charge in [0.25, 0.3) is 0 Å². The number of para-hydroxylation sites is 1. The Bertz CT molecular complexity index is 526. The van der Waals surface area contributed by atoms with Crippen molar-refractivity contribution in [2.24, 2.45) is 11.8 Å². The van der Waals surface area contributed by atoms with Crippen molar-refractivity contribution in [2.45, 2.75) is 39.3 Å². The molecule has 1 amide bonds. The van der Waals surface area contributed by atoms with Gasteiger partial charge in [0.2, 0.25) is 5.91 Å². The van der Waals surface area contributed by atoms with Crippen LogP contribution in [0.25, 0.3) is 0 Å². The number of rotatable bonds is 6. The lowest BCUT2D eigenvalue weighted by atomic mass is 9.96. The monoisotopic (exact) mass is 321 g/mol. The second-order valence-electron chi connectivity index (χ2n) is 6.17. The van der Waals surface area contributed by atoms with Crippen molar-refractivity contribution in [1.82, 2.24) is 10.3 Å². The van der Waals surface area contributed by atoms with Crippen LogP contribution in [0, 0.1) is 5.92 Å². The first kappa shape index (κ1) is 17.6. The maximum Gasteiger partial charge on any atom is 0.237 e. The summed E-state index contributed by atoms with van der Waals surface area (Å²) >= 11 is 0. The van der Waals surface area contributed by atoms with E-state index in [0.29, 0.717) is 0 Å². The minimum atomic E-state index is -0.0603. The van der Waals surface area contributed by atoms with Crippen molar-refractivity contribution in [3.8, 4) is 11.5 Å². The maximum absolute atomic E-state index is 11.6. The quantitative estimate of drug-likeness (QED) is 0.474. The van der Waals surface area contributed by atoms with Crippen molar-refractivity contribution in [3.05, 3.63) is 23.8 Å². The number of piperidine rings is 1. The zero-order valence-electron chi connectivity index (χ0n) is 14.2. The summed E-state index contributed by atoms with van der Waals surface area (Å²) in [5.74, 6) is 6.75. The van der Waals surface area contributed by atoms with E-state index in [4.69, 9.17) is 15.3 Å². The lowest BCUT2D eigenvalue weighted by molar-refractivity contribution is -0.126. The Morgan fingerprint density at radius 2 is 2.09 bits per heavy atom. The molecule has 128 valence electrons. The molecule has 3 N–H and O–H groups in total. The first-order valence-corrected chi connectivity index (χ1v) is 8.10. The summed E-state index contributed by atoms with van der Waals surface area (Å²) < 4.78 is 11.4. The van der Waals surface area contributed by atoms with Gasteiger partial charge in [0, 0.05) is 18.0 Å². The highest BCUT2D eigenvalue weighted by molar-refractivity contribution is 5.78. The Morgan fingerprint density at radius 1 is 1.39 bits per heavy atom. The first-order valence-electron chi connectivity index (χ1n) is 8.10. The zero-order valence-corrected chi connectivity index (χ0v) is 14.2. The van der Waals surface area contributed by atoms with Crippen LogP contribution in [-0.4, -0.2) is 37.1 Å². The summed E-state index contributed by atoms with van der Waals surface area (Å²) in [5.41, 5.74) is 3.36. The molecule has 0 saturated carbocycles. The summed E-state index contributed by atoms with van der Waals surface area (Å²) in [7, 11) is 1.66. The minimum Gasteiger partial charge on any atom is -0.493 e. The van der Waals surface area contributed by atoms with Gasteiger partial charge >= 0.3 is 0 Å². The summed E-state index contributed by atoms with van der Waals surface area (Å²) in [6, 6.07) is 5.97. The van der Waals surface area contributed by atoms with Gasteiger partial charge in [-0.15, -0.1) is 0 Å². The van der Waals surface area contributed by atoms with E-state index in [2.05, 4.69) is 16.4 Å². The number of nitrogens with two attached hydrogens (primary N) is 1. The maximum atomic E-state index is 11.6. The average Bonchev–Trinajstić information content (AvgIpc) is 2.56. The van der Waals surface area contributed by atoms with E-state index in [1.165, 1.54) is 0 Å². The van der Waals surface area contributed by atoms with Gasteiger partial charge in [0.15, 0.2) is 11.5 Å². The summed E-state index contributed by atoms with van der Waals surface area (Å²) in [6.07, 6.45) is 1.74. The minimum absolute atomic E-state index is 0.0212. The Labute approximate surface area is 137 Å². The molecule has 23 heavy (non-hydrogen) atoms. The molecule has 6 heteroatoms. The number of ether oxygens (including phenoxy) is 2. The summed E-state index contributed by atoms with van der Waals surface area (Å²) in [4.78, 5) is 13.9. The van der Waals surface area contributed by atoms with Gasteiger partial charge in [-0.3, -0.25) is 15.1 Å². The molecule has 0 spiro atoms. The molecule has 1 aliphatic heterocycles. The molecule has 0 unspecified atom stereocenters. The number of nitrogens with one attached hydrogen (secondary N) is 1. The van der Waals surface area contributed by atoms with Gasteiger partial charge in [0.1, 0.15) is 0 Å². The fraction of sp³-hybridized carbons (Fsp3) is 0.588. The van der Waals surface area contributed by atoms with Crippen LogP contribution >= 0.6 is 0 Å². The first-order chi connectivity index (χ1) is 11.0. The molecule has 2 rings (SSSR count). The van der Waals surface area contributed by atoms with Crippen molar-refractivity contribution in [3.63, 3.8) is 0 Å². The SMILES string of the molecule is COc1cccc(CN2CCC(C(=O)NN)CC2)c1OC(C)C. The van der Waals surface area contributed by atoms with Crippen molar-refractivity contribution in [2.75, 3.05) is 20.2 Å². The fourth-order valence-electron chi connectivity index (χ4n) is 2.93. The number of benzene rings is 1. The van der Waals surface area contributed by atoms with Crippen LogP contribution in [-0.2, 0) is 11.3 Å². The molecule has 1 saturated heterocycles. The zero-order chi connectivity index (χ0) is 16.8. The predicted molar refractivity (Wildman–Crippen MR) is 89.1 cm³/mol. The average molecular weight is 321 g/mol. The van der Waals surface area contributed by atoms with Crippen LogP contribution in [0.15, 0.2) is 18.2 Å². The van der Waals surface area contributed by atoms with Crippen LogP contribution < -0.4 is 20.7 Å². The normalized spacial score (nSPS) is 16.4. The molecule has 0 radical (unpaired) electrons. The van der Waals surface area contributed by atoms with Gasteiger partial charge in [-0.25, -0.2) is 5.84 Å². The largest absolute Gasteiger partial charge is 0.493 e. The molecule has 1 aromatic carbocycles. The number of amides is 1. The number of hydrazine groups is 1. The van der Waals surface area contributed by atoms with Crippen molar-refractivity contribution in [1.29, 1.82) is 0 Å². The van der Waals surface area contributed by atoms with E-state index in [1.807, 2.05) is 26.0 Å². The number of hydrogen-bond acceptors (Lipinski definition) is 5. The highest BCUT2D eigenvalue weighted by Gasteiger charge is 2.25. The highest BCUT2D eigenvalue weighted by atomic mass is 16.5. The summed E-state index contributed by atoms with van der Waals surface area (Å²) in [5, 5.41) is 0. The van der Waals surface area contributed by atoms with E-state index in [1.54, 1.807) is 7.11 Å². The van der Waals surface area contributed by atoms with E-state index >= 15 is 0 Å². The number of methoxy groups -OCH3 is 1. The Kier molecular flexibility index (Phi) is 6.24. The van der Waals surface area contributed by atoms with Crippen LogP contribution in [0.5, 0.6) is 11.5 Å². The molecule has 6 nitrogen and oxygen atoms in total. The molecule has 1 aliphatic rings. The van der Waals surface area contributed by atoms with Gasteiger partial charge in [-0.05, 0) is 45.8 Å². The van der Waals surface area contributed by atoms with Crippen LogP contribution in [0.3, 0.4) is 0 Å². The van der Waals surface area contributed by atoms with Crippen LogP contribution in [0.2, 0.25) is 0 Å². The molecule has 1 fully saturated rings. The Morgan fingerprint density at radius 3 is 2.65 bits per heavy atom. The van der Waals surface area contributed by atoms with E-state index in [0.717, 1.165) is 49.5 Å². The fourth-order valence-corrected chi connectivity index (χ4v) is 2.93. The molecule has 1 aromatic rings. The molecule has 1 heterocycles. The van der Waals surface area contributed by atoms with Crippen molar-refractivity contribution >= 4 is 5.91 Å². The summed E-state index contributed by atoms with van der Waals surface area (Å²) in [6.45, 7) is 6.54. The van der Waals surface area contributed by atoms with E-state index < -0.39 is 0 Å². The Balaban J connectivity index is 2.04. The third-order valence-corrected chi connectivity index (χ3v) is 4.13. The topological polar surface area (TPSA) is 76.8 Å². The Hall–Kier alpha value is -1.79. The smallest absolute Gasteiger partial charge is 0.237 e. The highest BCUT2D eigenvalue weighted by Crippen LogP contribution is 2.33. The number of carbonyl (C=O) groups is 1. The van der Waals surface area contributed by atoms with Crippen LogP contribution in [0.4, 0.5) is 0 Å². The molecular weight excluding hydrogens is 294 g/mol. The van der Waals surface area contributed by atoms with Gasteiger partial charge < -0.3 is 9.47 Å². The van der Waals surface area contributed by atoms with Gasteiger partial charge in [-0.2, -0.15) is 0 Å². The molecule has 0 atom stereocenters. The third kappa shape index (κ3) is 4.59. The number of likely N-dealkylation sites (tertiary alicyclic amines) is 1. The lowest BCUT2D eigenvalue weighted by Crippen LogP contribution is -2.42. The van der Waals surface area contributed by atoms with Gasteiger partial charge in [-0.1, -0.05) is 12.1 Å². The third-order valence-electron chi connectivity index (χ3n) is 4.13. The number of nitrogens with zero attached hydrogens (tertiary/aromatic N) is 1.